The number of rotatable bonds is 3. The van der Waals surface area contributed by atoms with E-state index in [4.69, 9.17) is 0 Å². The lowest BCUT2D eigenvalue weighted by atomic mass is 9.82. The lowest BCUT2D eigenvalue weighted by molar-refractivity contribution is 0.223. The highest BCUT2D eigenvalue weighted by Gasteiger charge is 2.25. The minimum atomic E-state index is 0.837. The normalized spacial score (nSPS) is 40.9. The lowest BCUT2D eigenvalue weighted by Crippen LogP contribution is -2.43. The van der Waals surface area contributed by atoms with Gasteiger partial charge in [-0.25, -0.2) is 0 Å². The zero-order valence-electron chi connectivity index (χ0n) is 11.2. The first-order valence-electron chi connectivity index (χ1n) is 7.54. The number of hydrogen-bond donors (Lipinski definition) is 1. The molecule has 2 aliphatic carbocycles. The van der Waals surface area contributed by atoms with Gasteiger partial charge in [0.1, 0.15) is 0 Å². The van der Waals surface area contributed by atoms with Crippen molar-refractivity contribution in [2.45, 2.75) is 83.7 Å². The second-order valence-electron chi connectivity index (χ2n) is 6.27. The van der Waals surface area contributed by atoms with Crippen LogP contribution in [0.5, 0.6) is 0 Å². The molecule has 1 N–H and O–H groups in total. The molecule has 4 atom stereocenters. The smallest absolute Gasteiger partial charge is 0.00722 e. The SMILES string of the molecule is CCC1CCCC(NC2CCCC(C)C2)C1. The summed E-state index contributed by atoms with van der Waals surface area (Å²) < 4.78 is 0. The summed E-state index contributed by atoms with van der Waals surface area (Å²) in [6.45, 7) is 4.78. The van der Waals surface area contributed by atoms with E-state index in [9.17, 15) is 0 Å². The van der Waals surface area contributed by atoms with Gasteiger partial charge in [-0.2, -0.15) is 0 Å². The Hall–Kier alpha value is -0.0400. The zero-order valence-corrected chi connectivity index (χ0v) is 11.2. The molecule has 2 saturated carbocycles. The Morgan fingerprint density at radius 2 is 1.62 bits per heavy atom. The van der Waals surface area contributed by atoms with Crippen LogP contribution in [-0.2, 0) is 0 Å². The summed E-state index contributed by atoms with van der Waals surface area (Å²) in [5, 5.41) is 3.95. The van der Waals surface area contributed by atoms with E-state index in [1.165, 1.54) is 57.8 Å². The van der Waals surface area contributed by atoms with Gasteiger partial charge in [0.05, 0.1) is 0 Å². The summed E-state index contributed by atoms with van der Waals surface area (Å²) >= 11 is 0. The zero-order chi connectivity index (χ0) is 11.4. The first kappa shape index (κ1) is 12.4. The molecule has 0 spiro atoms. The molecular formula is C15H29N. The van der Waals surface area contributed by atoms with E-state index in [1.807, 2.05) is 0 Å². The fourth-order valence-electron chi connectivity index (χ4n) is 3.73. The molecule has 4 unspecified atom stereocenters. The van der Waals surface area contributed by atoms with Gasteiger partial charge in [0, 0.05) is 12.1 Å². The van der Waals surface area contributed by atoms with E-state index in [0.29, 0.717) is 0 Å². The third-order valence-corrected chi connectivity index (χ3v) is 4.77. The molecule has 2 rings (SSSR count). The fraction of sp³-hybridized carbons (Fsp3) is 1.00. The van der Waals surface area contributed by atoms with Crippen molar-refractivity contribution in [3.63, 3.8) is 0 Å². The van der Waals surface area contributed by atoms with E-state index in [1.54, 1.807) is 0 Å². The molecular weight excluding hydrogens is 194 g/mol. The van der Waals surface area contributed by atoms with Crippen LogP contribution in [0, 0.1) is 11.8 Å². The van der Waals surface area contributed by atoms with E-state index < -0.39 is 0 Å². The fourth-order valence-corrected chi connectivity index (χ4v) is 3.73. The molecule has 0 heterocycles. The molecule has 0 saturated heterocycles. The van der Waals surface area contributed by atoms with Gasteiger partial charge >= 0.3 is 0 Å². The van der Waals surface area contributed by atoms with E-state index in [2.05, 4.69) is 19.2 Å². The molecule has 94 valence electrons. The second kappa shape index (κ2) is 6.05. The maximum absolute atomic E-state index is 3.95. The molecule has 0 radical (unpaired) electrons. The minimum Gasteiger partial charge on any atom is -0.311 e. The largest absolute Gasteiger partial charge is 0.311 e. The Morgan fingerprint density at radius 1 is 0.938 bits per heavy atom. The van der Waals surface area contributed by atoms with Gasteiger partial charge in [-0.05, 0) is 37.5 Å². The van der Waals surface area contributed by atoms with Crippen molar-refractivity contribution in [3.05, 3.63) is 0 Å². The molecule has 2 aliphatic rings. The predicted molar refractivity (Wildman–Crippen MR) is 70.6 cm³/mol. The van der Waals surface area contributed by atoms with Crippen LogP contribution in [0.2, 0.25) is 0 Å². The van der Waals surface area contributed by atoms with Crippen molar-refractivity contribution in [1.29, 1.82) is 0 Å². The Kier molecular flexibility index (Phi) is 4.69. The van der Waals surface area contributed by atoms with Gasteiger partial charge in [0.25, 0.3) is 0 Å². The van der Waals surface area contributed by atoms with Crippen LogP contribution >= 0.6 is 0 Å². The molecule has 0 bridgehead atoms. The van der Waals surface area contributed by atoms with Crippen LogP contribution in [0.25, 0.3) is 0 Å². The van der Waals surface area contributed by atoms with E-state index >= 15 is 0 Å². The molecule has 2 fully saturated rings. The van der Waals surface area contributed by atoms with Crippen LogP contribution in [0.4, 0.5) is 0 Å². The highest BCUT2D eigenvalue weighted by atomic mass is 15.0. The summed E-state index contributed by atoms with van der Waals surface area (Å²) in [5.74, 6) is 1.96. The first-order valence-corrected chi connectivity index (χ1v) is 7.54. The maximum atomic E-state index is 3.95. The molecule has 1 heteroatoms. The summed E-state index contributed by atoms with van der Waals surface area (Å²) in [4.78, 5) is 0. The van der Waals surface area contributed by atoms with E-state index in [-0.39, 0.29) is 0 Å². The molecule has 16 heavy (non-hydrogen) atoms. The highest BCUT2D eigenvalue weighted by molar-refractivity contribution is 4.83. The van der Waals surface area contributed by atoms with Crippen molar-refractivity contribution < 1.29 is 0 Å². The third-order valence-electron chi connectivity index (χ3n) is 4.77. The van der Waals surface area contributed by atoms with Crippen molar-refractivity contribution in [1.82, 2.24) is 5.32 Å². The van der Waals surface area contributed by atoms with Gasteiger partial charge in [0.2, 0.25) is 0 Å². The number of hydrogen-bond acceptors (Lipinski definition) is 1. The topological polar surface area (TPSA) is 12.0 Å². The first-order chi connectivity index (χ1) is 7.78. The molecule has 0 aromatic rings. The molecule has 1 nitrogen and oxygen atoms in total. The van der Waals surface area contributed by atoms with Crippen LogP contribution in [0.3, 0.4) is 0 Å². The van der Waals surface area contributed by atoms with E-state index in [0.717, 1.165) is 23.9 Å². The standard InChI is InChI=1S/C15H29N/c1-3-13-7-5-9-15(11-13)16-14-8-4-6-12(2)10-14/h12-16H,3-11H2,1-2H3. The molecule has 0 aromatic carbocycles. The molecule has 0 amide bonds. The van der Waals surface area contributed by atoms with Crippen LogP contribution in [0.15, 0.2) is 0 Å². The second-order valence-corrected chi connectivity index (χ2v) is 6.27. The summed E-state index contributed by atoms with van der Waals surface area (Å²) in [6, 6.07) is 1.68. The summed E-state index contributed by atoms with van der Waals surface area (Å²) in [7, 11) is 0. The maximum Gasteiger partial charge on any atom is 0.00722 e. The minimum absolute atomic E-state index is 0.837. The van der Waals surface area contributed by atoms with Gasteiger partial charge in [-0.1, -0.05) is 46.0 Å². The van der Waals surface area contributed by atoms with Crippen molar-refractivity contribution in [2.24, 2.45) is 11.8 Å². The van der Waals surface area contributed by atoms with Crippen LogP contribution in [0.1, 0.15) is 71.6 Å². The quantitative estimate of drug-likeness (QED) is 0.759. The lowest BCUT2D eigenvalue weighted by Gasteiger charge is -2.35. The number of nitrogens with one attached hydrogen (secondary N) is 1. The Bertz CT molecular complexity index is 202. The predicted octanol–water partition coefficient (Wildman–Crippen LogP) is 4.12. The Morgan fingerprint density at radius 3 is 2.31 bits per heavy atom. The Balaban J connectivity index is 1.75. The summed E-state index contributed by atoms with van der Waals surface area (Å²) in [6.07, 6.45) is 13.0. The molecule has 0 aliphatic heterocycles. The van der Waals surface area contributed by atoms with Crippen molar-refractivity contribution in [2.75, 3.05) is 0 Å². The third kappa shape index (κ3) is 3.48. The Labute approximate surface area is 101 Å². The van der Waals surface area contributed by atoms with Crippen molar-refractivity contribution in [3.8, 4) is 0 Å². The van der Waals surface area contributed by atoms with Gasteiger partial charge in [0.15, 0.2) is 0 Å². The van der Waals surface area contributed by atoms with Crippen LogP contribution < -0.4 is 5.32 Å². The van der Waals surface area contributed by atoms with Crippen molar-refractivity contribution >= 4 is 0 Å². The van der Waals surface area contributed by atoms with Gasteiger partial charge in [-0.3, -0.25) is 0 Å². The van der Waals surface area contributed by atoms with Gasteiger partial charge in [-0.15, -0.1) is 0 Å². The highest BCUT2D eigenvalue weighted by Crippen LogP contribution is 2.29. The van der Waals surface area contributed by atoms with Crippen LogP contribution in [-0.4, -0.2) is 12.1 Å². The monoisotopic (exact) mass is 223 g/mol. The average Bonchev–Trinajstić information content (AvgIpc) is 2.29. The van der Waals surface area contributed by atoms with Gasteiger partial charge < -0.3 is 5.32 Å². The summed E-state index contributed by atoms with van der Waals surface area (Å²) in [5.41, 5.74) is 0. The molecule has 0 aromatic heterocycles. The average molecular weight is 223 g/mol.